The summed E-state index contributed by atoms with van der Waals surface area (Å²) in [5.74, 6) is -1.48. The van der Waals surface area contributed by atoms with Crippen LogP contribution in [0.25, 0.3) is 0 Å². The SMILES string of the molecule is CCCCCc1ccc(CNC(=O)CCl)c2c1C(=O)N([C@H](CS(C)(=O)=O)c1ccc(OC)c(OCC)c1)C2=O. The van der Waals surface area contributed by atoms with Gasteiger partial charge in [-0.25, -0.2) is 8.42 Å². The van der Waals surface area contributed by atoms with E-state index in [-0.39, 0.29) is 23.6 Å². The molecule has 0 radical (unpaired) electrons. The molecular weight excluding hydrogens is 544 g/mol. The minimum absolute atomic E-state index is 0.00372. The number of sulfone groups is 1. The number of halogens is 1. The molecule has 0 unspecified atom stereocenters. The highest BCUT2D eigenvalue weighted by molar-refractivity contribution is 7.90. The highest BCUT2D eigenvalue weighted by atomic mass is 35.5. The van der Waals surface area contributed by atoms with E-state index in [1.165, 1.54) is 7.11 Å². The van der Waals surface area contributed by atoms with Crippen LogP contribution in [0.4, 0.5) is 0 Å². The topological polar surface area (TPSA) is 119 Å². The molecule has 3 amide bonds. The Balaban J connectivity index is 2.15. The summed E-state index contributed by atoms with van der Waals surface area (Å²) in [4.78, 5) is 40.8. The highest BCUT2D eigenvalue weighted by Gasteiger charge is 2.44. The van der Waals surface area contributed by atoms with Gasteiger partial charge in [-0.1, -0.05) is 38.0 Å². The van der Waals surface area contributed by atoms with Crippen LogP contribution in [0.5, 0.6) is 11.5 Å². The quantitative estimate of drug-likeness (QED) is 0.204. The zero-order chi connectivity index (χ0) is 28.7. The van der Waals surface area contributed by atoms with Crippen molar-refractivity contribution in [3.8, 4) is 11.5 Å². The molecular formula is C28H35ClN2O7S. The molecule has 3 rings (SSSR count). The number of hydrogen-bond acceptors (Lipinski definition) is 7. The summed E-state index contributed by atoms with van der Waals surface area (Å²) in [5.41, 5.74) is 2.04. The molecule has 2 aromatic carbocycles. The number of carbonyl (C=O) groups is 3. The van der Waals surface area contributed by atoms with Gasteiger partial charge in [-0.15, -0.1) is 11.6 Å². The summed E-state index contributed by atoms with van der Waals surface area (Å²) in [7, 11) is -2.15. The molecule has 0 saturated carbocycles. The lowest BCUT2D eigenvalue weighted by molar-refractivity contribution is -0.118. The van der Waals surface area contributed by atoms with E-state index in [1.54, 1.807) is 37.3 Å². The first kappa shape index (κ1) is 30.4. The summed E-state index contributed by atoms with van der Waals surface area (Å²) in [6.45, 7) is 4.21. The van der Waals surface area contributed by atoms with Crippen LogP contribution in [0.1, 0.15) is 76.6 Å². The summed E-state index contributed by atoms with van der Waals surface area (Å²) < 4.78 is 36.1. The standard InChI is InChI=1S/C28H35ClN2O7S/c1-5-7-8-9-18-10-11-20(16-30-24(32)15-29)26-25(18)27(33)31(28(26)34)21(17-39(4,35)36)19-12-13-22(37-3)23(14-19)38-6-2/h10-14,21H,5-9,15-17H2,1-4H3,(H,30,32)/t21-/m1/s1. The van der Waals surface area contributed by atoms with E-state index in [0.29, 0.717) is 35.7 Å². The van der Waals surface area contributed by atoms with E-state index in [2.05, 4.69) is 12.2 Å². The van der Waals surface area contributed by atoms with Gasteiger partial charge >= 0.3 is 0 Å². The minimum atomic E-state index is -3.64. The van der Waals surface area contributed by atoms with Crippen LogP contribution in [0, 0.1) is 0 Å². The van der Waals surface area contributed by atoms with Gasteiger partial charge in [0.2, 0.25) is 5.91 Å². The number of hydrogen-bond donors (Lipinski definition) is 1. The van der Waals surface area contributed by atoms with Crippen molar-refractivity contribution in [1.82, 2.24) is 10.2 Å². The van der Waals surface area contributed by atoms with Crippen LogP contribution >= 0.6 is 11.6 Å². The Morgan fingerprint density at radius 2 is 1.69 bits per heavy atom. The van der Waals surface area contributed by atoms with Gasteiger partial charge in [0.1, 0.15) is 15.7 Å². The normalized spacial score (nSPS) is 13.8. The van der Waals surface area contributed by atoms with E-state index in [4.69, 9.17) is 21.1 Å². The average molecular weight is 579 g/mol. The molecule has 0 saturated heterocycles. The number of unbranched alkanes of at least 4 members (excludes halogenated alkanes) is 2. The van der Waals surface area contributed by atoms with Crippen LogP contribution in [0.15, 0.2) is 30.3 Å². The number of fused-ring (bicyclic) bond motifs is 1. The molecule has 1 N–H and O–H groups in total. The lowest BCUT2D eigenvalue weighted by atomic mass is 9.94. The molecule has 1 heterocycles. The molecule has 9 nitrogen and oxygen atoms in total. The van der Waals surface area contributed by atoms with Crippen LogP contribution in [-0.4, -0.2) is 62.6 Å². The highest BCUT2D eigenvalue weighted by Crippen LogP contribution is 2.39. The smallest absolute Gasteiger partial charge is 0.262 e. The molecule has 1 aliphatic heterocycles. The summed E-state index contributed by atoms with van der Waals surface area (Å²) in [6.07, 6.45) is 4.42. The molecule has 0 aliphatic carbocycles. The summed E-state index contributed by atoms with van der Waals surface area (Å²) >= 11 is 5.62. The summed E-state index contributed by atoms with van der Waals surface area (Å²) in [6, 6.07) is 7.28. The van der Waals surface area contributed by atoms with Crippen molar-refractivity contribution in [2.24, 2.45) is 0 Å². The largest absolute Gasteiger partial charge is 0.493 e. The van der Waals surface area contributed by atoms with E-state index in [9.17, 15) is 22.8 Å². The number of ether oxygens (including phenoxy) is 2. The van der Waals surface area contributed by atoms with Gasteiger partial charge in [0, 0.05) is 12.8 Å². The lowest BCUT2D eigenvalue weighted by Gasteiger charge is -2.27. The van der Waals surface area contributed by atoms with Crippen LogP contribution in [0.3, 0.4) is 0 Å². The molecule has 2 aromatic rings. The second-order valence-electron chi connectivity index (χ2n) is 9.43. The number of nitrogens with zero attached hydrogens (tertiary/aromatic N) is 1. The second-order valence-corrected chi connectivity index (χ2v) is 11.9. The van der Waals surface area contributed by atoms with Gasteiger partial charge < -0.3 is 14.8 Å². The van der Waals surface area contributed by atoms with E-state index in [1.807, 2.05) is 0 Å². The zero-order valence-corrected chi connectivity index (χ0v) is 24.3. The molecule has 1 atom stereocenters. The third-order valence-corrected chi connectivity index (χ3v) is 7.70. The first-order valence-electron chi connectivity index (χ1n) is 12.9. The number of methoxy groups -OCH3 is 1. The van der Waals surface area contributed by atoms with Crippen molar-refractivity contribution in [3.63, 3.8) is 0 Å². The average Bonchev–Trinajstić information content (AvgIpc) is 3.16. The Hall–Kier alpha value is -3.11. The van der Waals surface area contributed by atoms with Crippen molar-refractivity contribution < 1.29 is 32.3 Å². The minimum Gasteiger partial charge on any atom is -0.493 e. The molecule has 1 aliphatic rings. The number of aryl methyl sites for hydroxylation is 1. The number of carbonyl (C=O) groups excluding carboxylic acids is 3. The molecule has 212 valence electrons. The fourth-order valence-corrected chi connectivity index (χ4v) is 5.74. The Labute approximate surface area is 234 Å². The maximum atomic E-state index is 14.0. The molecule has 0 aromatic heterocycles. The number of imide groups is 1. The number of nitrogens with one attached hydrogen (secondary N) is 1. The van der Waals surface area contributed by atoms with Crippen molar-refractivity contribution in [2.45, 2.75) is 52.1 Å². The van der Waals surface area contributed by atoms with E-state index >= 15 is 0 Å². The number of amides is 3. The van der Waals surface area contributed by atoms with Crippen LogP contribution < -0.4 is 14.8 Å². The van der Waals surface area contributed by atoms with Gasteiger partial charge in [-0.05, 0) is 48.6 Å². The third-order valence-electron chi connectivity index (χ3n) is 6.53. The van der Waals surface area contributed by atoms with Gasteiger partial charge in [0.15, 0.2) is 11.5 Å². The first-order valence-corrected chi connectivity index (χ1v) is 15.5. The van der Waals surface area contributed by atoms with E-state index in [0.717, 1.165) is 36.0 Å². The molecule has 39 heavy (non-hydrogen) atoms. The van der Waals surface area contributed by atoms with Gasteiger partial charge in [0.25, 0.3) is 11.8 Å². The fraction of sp³-hybridized carbons (Fsp3) is 0.464. The fourth-order valence-electron chi connectivity index (χ4n) is 4.73. The number of benzene rings is 2. The molecule has 0 spiro atoms. The van der Waals surface area contributed by atoms with Gasteiger partial charge in [-0.2, -0.15) is 0 Å². The molecule has 0 bridgehead atoms. The maximum Gasteiger partial charge on any atom is 0.262 e. The van der Waals surface area contributed by atoms with Crippen molar-refractivity contribution >= 4 is 39.2 Å². The Morgan fingerprint density at radius 1 is 1.03 bits per heavy atom. The summed E-state index contributed by atoms with van der Waals surface area (Å²) in [5, 5.41) is 2.65. The van der Waals surface area contributed by atoms with Gasteiger partial charge in [0.05, 0.1) is 36.6 Å². The predicted molar refractivity (Wildman–Crippen MR) is 149 cm³/mol. The van der Waals surface area contributed by atoms with Crippen molar-refractivity contribution in [1.29, 1.82) is 0 Å². The number of alkyl halides is 1. The third kappa shape index (κ3) is 7.10. The van der Waals surface area contributed by atoms with E-state index < -0.39 is 39.4 Å². The lowest BCUT2D eigenvalue weighted by Crippen LogP contribution is -2.38. The van der Waals surface area contributed by atoms with Crippen molar-refractivity contribution in [3.05, 3.63) is 58.1 Å². The Kier molecular flexibility index (Phi) is 10.4. The Bertz CT molecular complexity index is 1340. The van der Waals surface area contributed by atoms with Crippen molar-refractivity contribution in [2.75, 3.05) is 31.6 Å². The molecule has 11 heteroatoms. The zero-order valence-electron chi connectivity index (χ0n) is 22.7. The molecule has 0 fully saturated rings. The Morgan fingerprint density at radius 3 is 2.28 bits per heavy atom. The van der Waals surface area contributed by atoms with Crippen LogP contribution in [-0.2, 0) is 27.6 Å². The first-order chi connectivity index (χ1) is 18.6. The number of rotatable bonds is 14. The van der Waals surface area contributed by atoms with Crippen LogP contribution in [0.2, 0.25) is 0 Å². The second kappa shape index (κ2) is 13.3. The monoisotopic (exact) mass is 578 g/mol. The predicted octanol–water partition coefficient (Wildman–Crippen LogP) is 4.06. The maximum absolute atomic E-state index is 14.0. The van der Waals surface area contributed by atoms with Gasteiger partial charge in [-0.3, -0.25) is 19.3 Å².